The van der Waals surface area contributed by atoms with E-state index in [1.54, 1.807) is 0 Å². The van der Waals surface area contributed by atoms with Crippen LogP contribution in [0.25, 0.3) is 0 Å². The molecule has 0 aliphatic rings. The van der Waals surface area contributed by atoms with Gasteiger partial charge in [-0.25, -0.2) is 4.98 Å². The van der Waals surface area contributed by atoms with Gasteiger partial charge in [-0.05, 0) is 34.1 Å². The Kier molecular flexibility index (Phi) is 4.08. The largest absolute Gasteiger partial charge is 0.340 e. The van der Waals surface area contributed by atoms with Gasteiger partial charge in [-0.3, -0.25) is 0 Å². The molecule has 0 unspecified atom stereocenters. The Hall–Kier alpha value is -1.83. The van der Waals surface area contributed by atoms with Gasteiger partial charge in [0.1, 0.15) is 5.82 Å². The fourth-order valence-electron chi connectivity index (χ4n) is 2.30. The molecule has 2 rings (SSSR count). The maximum Gasteiger partial charge on any atom is 0.130 e. The highest BCUT2D eigenvalue weighted by Crippen LogP contribution is 2.31. The summed E-state index contributed by atoms with van der Waals surface area (Å²) in [6.07, 6.45) is 1.96. The molecule has 0 saturated heterocycles. The number of nitrogens with one attached hydrogen (secondary N) is 1. The van der Waals surface area contributed by atoms with E-state index in [4.69, 9.17) is 0 Å². The van der Waals surface area contributed by atoms with Crippen molar-refractivity contribution in [3.05, 3.63) is 53.7 Å². The van der Waals surface area contributed by atoms with Gasteiger partial charge in [0, 0.05) is 11.9 Å². The number of pyridine rings is 1. The molecule has 0 aliphatic heterocycles. The Morgan fingerprint density at radius 1 is 0.810 bits per heavy atom. The minimum absolute atomic E-state index is 0.106. The number of rotatable bonds is 2. The van der Waals surface area contributed by atoms with Crippen molar-refractivity contribution in [1.82, 2.24) is 4.98 Å². The fraction of sp³-hybridized carbons (Fsp3) is 0.421. The summed E-state index contributed by atoms with van der Waals surface area (Å²) in [6.45, 7) is 13.3. The molecule has 2 aromatic rings. The summed E-state index contributed by atoms with van der Waals surface area (Å²) in [5.41, 5.74) is 3.91. The molecule has 0 saturated carbocycles. The number of anilines is 2. The fourth-order valence-corrected chi connectivity index (χ4v) is 2.30. The zero-order valence-electron chi connectivity index (χ0n) is 14.0. The average molecular weight is 282 g/mol. The van der Waals surface area contributed by atoms with Gasteiger partial charge < -0.3 is 5.32 Å². The molecule has 112 valence electrons. The van der Waals surface area contributed by atoms with Crippen molar-refractivity contribution in [1.29, 1.82) is 0 Å². The monoisotopic (exact) mass is 282 g/mol. The maximum absolute atomic E-state index is 4.55. The van der Waals surface area contributed by atoms with Crippen molar-refractivity contribution in [3.8, 4) is 0 Å². The third-order valence-electron chi connectivity index (χ3n) is 3.63. The topological polar surface area (TPSA) is 24.9 Å². The van der Waals surface area contributed by atoms with E-state index in [9.17, 15) is 0 Å². The lowest BCUT2D eigenvalue weighted by Crippen LogP contribution is -2.14. The standard InChI is InChI=1S/C19H26N2/c1-18(2,3)14-11-12-17(20-13-14)21-16-10-8-7-9-15(16)19(4,5)6/h7-13H,1-6H3,(H,20,21). The highest BCUT2D eigenvalue weighted by atomic mass is 15.0. The summed E-state index contributed by atoms with van der Waals surface area (Å²) in [7, 11) is 0. The Balaban J connectivity index is 2.27. The second-order valence-electron chi connectivity index (χ2n) is 7.60. The van der Waals surface area contributed by atoms with E-state index in [1.807, 2.05) is 6.20 Å². The van der Waals surface area contributed by atoms with Crippen LogP contribution in [0.4, 0.5) is 11.5 Å². The summed E-state index contributed by atoms with van der Waals surface area (Å²) >= 11 is 0. The molecule has 0 atom stereocenters. The van der Waals surface area contributed by atoms with Crippen LogP contribution < -0.4 is 5.32 Å². The van der Waals surface area contributed by atoms with Crippen LogP contribution in [0.3, 0.4) is 0 Å². The van der Waals surface area contributed by atoms with Crippen LogP contribution in [0, 0.1) is 0 Å². The van der Waals surface area contributed by atoms with Gasteiger partial charge in [0.25, 0.3) is 0 Å². The van der Waals surface area contributed by atoms with Crippen LogP contribution in [-0.2, 0) is 10.8 Å². The van der Waals surface area contributed by atoms with E-state index in [2.05, 4.69) is 88.2 Å². The van der Waals surface area contributed by atoms with Crippen LogP contribution >= 0.6 is 0 Å². The van der Waals surface area contributed by atoms with Crippen molar-refractivity contribution in [2.75, 3.05) is 5.32 Å². The maximum atomic E-state index is 4.55. The Morgan fingerprint density at radius 2 is 1.48 bits per heavy atom. The number of benzene rings is 1. The van der Waals surface area contributed by atoms with Gasteiger partial charge in [0.15, 0.2) is 0 Å². The summed E-state index contributed by atoms with van der Waals surface area (Å²) in [5.74, 6) is 0.889. The second kappa shape index (κ2) is 5.51. The quantitative estimate of drug-likeness (QED) is 0.795. The van der Waals surface area contributed by atoms with Crippen LogP contribution in [0.5, 0.6) is 0 Å². The molecular weight excluding hydrogens is 256 g/mol. The molecule has 1 aromatic carbocycles. The van der Waals surface area contributed by atoms with Gasteiger partial charge in [-0.15, -0.1) is 0 Å². The zero-order valence-corrected chi connectivity index (χ0v) is 14.0. The number of hydrogen-bond acceptors (Lipinski definition) is 2. The summed E-state index contributed by atoms with van der Waals surface area (Å²) in [4.78, 5) is 4.55. The molecule has 2 nitrogen and oxygen atoms in total. The molecule has 0 bridgehead atoms. The van der Waals surface area contributed by atoms with Crippen LogP contribution in [0.1, 0.15) is 52.7 Å². The van der Waals surface area contributed by atoms with E-state index < -0.39 is 0 Å². The van der Waals surface area contributed by atoms with Crippen molar-refractivity contribution >= 4 is 11.5 Å². The van der Waals surface area contributed by atoms with E-state index in [0.717, 1.165) is 11.5 Å². The molecule has 0 spiro atoms. The third-order valence-corrected chi connectivity index (χ3v) is 3.63. The minimum Gasteiger partial charge on any atom is -0.340 e. The molecule has 1 aromatic heterocycles. The highest BCUT2D eigenvalue weighted by molar-refractivity contribution is 5.62. The molecule has 0 amide bonds. The van der Waals surface area contributed by atoms with Crippen LogP contribution in [-0.4, -0.2) is 4.98 Å². The van der Waals surface area contributed by atoms with Crippen molar-refractivity contribution in [2.45, 2.75) is 52.4 Å². The molecule has 1 N–H and O–H groups in total. The van der Waals surface area contributed by atoms with Crippen LogP contribution in [0.15, 0.2) is 42.6 Å². The lowest BCUT2D eigenvalue weighted by molar-refractivity contribution is 0.587. The minimum atomic E-state index is 0.106. The highest BCUT2D eigenvalue weighted by Gasteiger charge is 2.18. The predicted molar refractivity (Wildman–Crippen MR) is 91.4 cm³/mol. The molecule has 2 heteroatoms. The van der Waals surface area contributed by atoms with Crippen molar-refractivity contribution < 1.29 is 0 Å². The van der Waals surface area contributed by atoms with Gasteiger partial charge in [0.2, 0.25) is 0 Å². The first-order chi connectivity index (χ1) is 9.68. The second-order valence-corrected chi connectivity index (χ2v) is 7.60. The average Bonchev–Trinajstić information content (AvgIpc) is 2.37. The molecular formula is C19H26N2. The predicted octanol–water partition coefficient (Wildman–Crippen LogP) is 5.42. The van der Waals surface area contributed by atoms with E-state index in [-0.39, 0.29) is 10.8 Å². The van der Waals surface area contributed by atoms with Crippen molar-refractivity contribution in [2.24, 2.45) is 0 Å². The molecule has 0 aliphatic carbocycles. The first-order valence-electron chi connectivity index (χ1n) is 7.51. The van der Waals surface area contributed by atoms with E-state index in [0.29, 0.717) is 0 Å². The lowest BCUT2D eigenvalue weighted by atomic mass is 9.86. The van der Waals surface area contributed by atoms with Gasteiger partial charge in [-0.2, -0.15) is 0 Å². The van der Waals surface area contributed by atoms with E-state index >= 15 is 0 Å². The summed E-state index contributed by atoms with van der Waals surface area (Å²) in [6, 6.07) is 12.6. The number of nitrogens with zero attached hydrogens (tertiary/aromatic N) is 1. The number of para-hydroxylation sites is 1. The third kappa shape index (κ3) is 3.84. The SMILES string of the molecule is CC(C)(C)c1ccc(Nc2ccccc2C(C)(C)C)nc1. The van der Waals surface area contributed by atoms with Crippen molar-refractivity contribution in [3.63, 3.8) is 0 Å². The van der Waals surface area contributed by atoms with Crippen LogP contribution in [0.2, 0.25) is 0 Å². The Morgan fingerprint density at radius 3 is 2.00 bits per heavy atom. The Bertz CT molecular complexity index is 599. The molecule has 21 heavy (non-hydrogen) atoms. The number of aromatic nitrogens is 1. The molecule has 1 heterocycles. The van der Waals surface area contributed by atoms with Gasteiger partial charge >= 0.3 is 0 Å². The molecule has 0 fully saturated rings. The first-order valence-corrected chi connectivity index (χ1v) is 7.51. The van der Waals surface area contributed by atoms with Gasteiger partial charge in [0.05, 0.1) is 0 Å². The first kappa shape index (κ1) is 15.6. The summed E-state index contributed by atoms with van der Waals surface area (Å²) < 4.78 is 0. The van der Waals surface area contributed by atoms with E-state index in [1.165, 1.54) is 11.1 Å². The summed E-state index contributed by atoms with van der Waals surface area (Å²) in [5, 5.41) is 3.45. The smallest absolute Gasteiger partial charge is 0.130 e. The molecule has 0 radical (unpaired) electrons. The van der Waals surface area contributed by atoms with Gasteiger partial charge in [-0.1, -0.05) is 65.8 Å². The zero-order chi connectivity index (χ0) is 15.7. The lowest BCUT2D eigenvalue weighted by Gasteiger charge is -2.23. The normalized spacial score (nSPS) is 12.3. The Labute approximate surface area is 128 Å². The number of hydrogen-bond donors (Lipinski definition) is 1.